The molecule has 0 unspecified atom stereocenters. The molecule has 1 saturated carbocycles. The van der Waals surface area contributed by atoms with Crippen molar-refractivity contribution >= 4 is 11.7 Å². The Morgan fingerprint density at radius 3 is 2.81 bits per heavy atom. The van der Waals surface area contributed by atoms with Crippen molar-refractivity contribution in [2.45, 2.75) is 62.5 Å². The standard InChI is InChI=1S/C28H32FN5O2/c1-33-16-19(15-32-33)24-7-2-3-12-34(24)27(36)22-6-4-5-21(25(22)29)18-13-23-26(30-14-18)31-17-28(23)10-8-20(35)9-11-28/h4-6,13-16,20,24,35H,2-3,7-12,17H2,1H3,(H,30,31)/t20?,24-,28?/m0/s1. The average molecular weight is 490 g/mol. The highest BCUT2D eigenvalue weighted by atomic mass is 19.1. The number of halogens is 1. The number of hydrogen-bond acceptors (Lipinski definition) is 5. The summed E-state index contributed by atoms with van der Waals surface area (Å²) in [6.07, 6.45) is 11.2. The predicted octanol–water partition coefficient (Wildman–Crippen LogP) is 4.59. The van der Waals surface area contributed by atoms with Gasteiger partial charge >= 0.3 is 0 Å². The van der Waals surface area contributed by atoms with Crippen LogP contribution in [0.2, 0.25) is 0 Å². The summed E-state index contributed by atoms with van der Waals surface area (Å²) in [6, 6.07) is 7.00. The van der Waals surface area contributed by atoms with Crippen molar-refractivity contribution in [2.75, 3.05) is 18.4 Å². The van der Waals surface area contributed by atoms with Crippen LogP contribution in [0, 0.1) is 5.82 Å². The van der Waals surface area contributed by atoms with Crippen LogP contribution in [0.3, 0.4) is 0 Å². The van der Waals surface area contributed by atoms with Crippen LogP contribution in [0.1, 0.15) is 72.5 Å². The summed E-state index contributed by atoms with van der Waals surface area (Å²) in [6.45, 7) is 1.39. The lowest BCUT2D eigenvalue weighted by Gasteiger charge is -2.35. The zero-order valence-electron chi connectivity index (χ0n) is 20.6. The number of amides is 1. The molecule has 7 nitrogen and oxygen atoms in total. The molecule has 1 amide bonds. The topological polar surface area (TPSA) is 83.3 Å². The number of hydrogen-bond donors (Lipinski definition) is 2. The lowest BCUT2D eigenvalue weighted by atomic mass is 9.70. The lowest BCUT2D eigenvalue weighted by molar-refractivity contribution is 0.0606. The van der Waals surface area contributed by atoms with E-state index < -0.39 is 5.82 Å². The maximum atomic E-state index is 16.0. The van der Waals surface area contributed by atoms with Crippen LogP contribution in [0.15, 0.2) is 42.9 Å². The van der Waals surface area contributed by atoms with Crippen LogP contribution in [0.5, 0.6) is 0 Å². The van der Waals surface area contributed by atoms with Crippen LogP contribution in [0.4, 0.5) is 10.2 Å². The second kappa shape index (κ2) is 9.00. The Balaban J connectivity index is 1.33. The molecule has 1 saturated heterocycles. The Morgan fingerprint density at radius 2 is 2.03 bits per heavy atom. The number of fused-ring (bicyclic) bond motifs is 2. The van der Waals surface area contributed by atoms with Gasteiger partial charge in [-0.15, -0.1) is 0 Å². The Labute approximate surface area is 210 Å². The van der Waals surface area contributed by atoms with Crippen LogP contribution in [-0.2, 0) is 12.5 Å². The number of nitrogens with one attached hydrogen (secondary N) is 1. The Kier molecular flexibility index (Phi) is 5.79. The van der Waals surface area contributed by atoms with Gasteiger partial charge in [0.1, 0.15) is 11.6 Å². The quantitative estimate of drug-likeness (QED) is 0.563. The van der Waals surface area contributed by atoms with Gasteiger partial charge in [0.25, 0.3) is 5.91 Å². The van der Waals surface area contributed by atoms with Gasteiger partial charge in [-0.2, -0.15) is 5.10 Å². The minimum Gasteiger partial charge on any atom is -0.393 e. The minimum absolute atomic E-state index is 0.0772. The van der Waals surface area contributed by atoms with Crippen molar-refractivity contribution in [3.8, 4) is 11.1 Å². The fourth-order valence-corrected chi connectivity index (χ4v) is 6.31. The van der Waals surface area contributed by atoms with E-state index in [9.17, 15) is 9.90 Å². The highest BCUT2D eigenvalue weighted by molar-refractivity contribution is 5.96. The second-order valence-corrected chi connectivity index (χ2v) is 10.6. The number of aliphatic hydroxyl groups is 1. The van der Waals surface area contributed by atoms with E-state index in [-0.39, 0.29) is 29.0 Å². The number of nitrogens with zero attached hydrogens (tertiary/aromatic N) is 4. The van der Waals surface area contributed by atoms with Gasteiger partial charge < -0.3 is 15.3 Å². The third-order valence-corrected chi connectivity index (χ3v) is 8.38. The number of pyridine rings is 1. The molecule has 0 bridgehead atoms. The molecular weight excluding hydrogens is 457 g/mol. The first-order valence-corrected chi connectivity index (χ1v) is 13.0. The fourth-order valence-electron chi connectivity index (χ4n) is 6.31. The number of aliphatic hydroxyl groups excluding tert-OH is 1. The third-order valence-electron chi connectivity index (χ3n) is 8.38. The minimum atomic E-state index is -0.501. The Hall–Kier alpha value is -3.26. The largest absolute Gasteiger partial charge is 0.393 e. The van der Waals surface area contributed by atoms with Gasteiger partial charge in [0.2, 0.25) is 0 Å². The van der Waals surface area contributed by atoms with Crippen LogP contribution >= 0.6 is 0 Å². The average Bonchev–Trinajstić information content (AvgIpc) is 3.49. The molecule has 1 aromatic carbocycles. The van der Waals surface area contributed by atoms with Crippen molar-refractivity contribution < 1.29 is 14.3 Å². The summed E-state index contributed by atoms with van der Waals surface area (Å²) in [5.41, 5.74) is 3.17. The summed E-state index contributed by atoms with van der Waals surface area (Å²) in [5, 5.41) is 17.7. The fraction of sp³-hybridized carbons (Fsp3) is 0.464. The maximum absolute atomic E-state index is 16.0. The molecule has 1 aliphatic carbocycles. The molecule has 3 aliphatic rings. The number of rotatable bonds is 3. The lowest BCUT2D eigenvalue weighted by Crippen LogP contribution is -2.38. The van der Waals surface area contributed by atoms with E-state index in [4.69, 9.17) is 0 Å². The van der Waals surface area contributed by atoms with Crippen molar-refractivity contribution in [1.82, 2.24) is 19.7 Å². The molecule has 6 rings (SSSR count). The van der Waals surface area contributed by atoms with Gasteiger partial charge in [-0.3, -0.25) is 9.48 Å². The van der Waals surface area contributed by atoms with E-state index in [2.05, 4.69) is 15.4 Å². The van der Waals surface area contributed by atoms with Crippen molar-refractivity contribution in [1.29, 1.82) is 0 Å². The van der Waals surface area contributed by atoms with Gasteiger partial charge in [0.05, 0.1) is 23.9 Å². The summed E-state index contributed by atoms with van der Waals surface area (Å²) < 4.78 is 17.7. The van der Waals surface area contributed by atoms with Gasteiger partial charge in [0.15, 0.2) is 0 Å². The molecule has 2 aliphatic heterocycles. The predicted molar refractivity (Wildman–Crippen MR) is 135 cm³/mol. The van der Waals surface area contributed by atoms with E-state index in [1.807, 2.05) is 19.3 Å². The molecule has 1 spiro atoms. The highest BCUT2D eigenvalue weighted by Crippen LogP contribution is 2.47. The number of aryl methyl sites for hydroxylation is 1. The normalized spacial score (nSPS) is 25.6. The molecule has 2 fully saturated rings. The zero-order chi connectivity index (χ0) is 24.9. The van der Waals surface area contributed by atoms with Crippen LogP contribution in [0.25, 0.3) is 11.1 Å². The first kappa shape index (κ1) is 23.2. The molecule has 2 N–H and O–H groups in total. The summed E-state index contributed by atoms with van der Waals surface area (Å²) >= 11 is 0. The van der Waals surface area contributed by atoms with Crippen LogP contribution in [-0.4, -0.2) is 49.9 Å². The molecule has 188 valence electrons. The van der Waals surface area contributed by atoms with Crippen molar-refractivity contribution in [3.63, 3.8) is 0 Å². The molecule has 0 radical (unpaired) electrons. The van der Waals surface area contributed by atoms with Gasteiger partial charge in [-0.25, -0.2) is 9.37 Å². The summed E-state index contributed by atoms with van der Waals surface area (Å²) in [7, 11) is 1.86. The molecule has 1 atom stereocenters. The maximum Gasteiger partial charge on any atom is 0.257 e. The SMILES string of the molecule is Cn1cc([C@@H]2CCCCN2C(=O)c2cccc(-c3cnc4c(c3)C3(CCC(O)CC3)CN4)c2F)cn1. The number of carbonyl (C=O) groups excluding carboxylic acids is 1. The summed E-state index contributed by atoms with van der Waals surface area (Å²) in [5.74, 6) is 0.0608. The first-order valence-electron chi connectivity index (χ1n) is 13.0. The summed E-state index contributed by atoms with van der Waals surface area (Å²) in [4.78, 5) is 20.1. The molecule has 3 aromatic rings. The van der Waals surface area contributed by atoms with E-state index in [0.717, 1.165) is 68.4 Å². The number of aromatic nitrogens is 3. The zero-order valence-corrected chi connectivity index (χ0v) is 20.6. The number of carbonyl (C=O) groups is 1. The van der Waals surface area contributed by atoms with Gasteiger partial charge in [-0.05, 0) is 57.1 Å². The third kappa shape index (κ3) is 3.88. The smallest absolute Gasteiger partial charge is 0.257 e. The van der Waals surface area contributed by atoms with E-state index in [0.29, 0.717) is 17.7 Å². The van der Waals surface area contributed by atoms with Crippen LogP contribution < -0.4 is 5.32 Å². The van der Waals surface area contributed by atoms with Crippen molar-refractivity contribution in [3.05, 3.63) is 65.4 Å². The number of benzene rings is 1. The first-order chi connectivity index (χ1) is 17.4. The van der Waals surface area contributed by atoms with Crippen molar-refractivity contribution in [2.24, 2.45) is 7.05 Å². The monoisotopic (exact) mass is 489 g/mol. The molecule has 2 aromatic heterocycles. The van der Waals surface area contributed by atoms with E-state index >= 15 is 4.39 Å². The van der Waals surface area contributed by atoms with Gasteiger partial charge in [0, 0.05) is 60.2 Å². The second-order valence-electron chi connectivity index (χ2n) is 10.6. The van der Waals surface area contributed by atoms with Gasteiger partial charge in [-0.1, -0.05) is 12.1 Å². The molecule has 8 heteroatoms. The molecule has 36 heavy (non-hydrogen) atoms. The number of likely N-dealkylation sites (tertiary alicyclic amines) is 1. The Bertz CT molecular complexity index is 1300. The highest BCUT2D eigenvalue weighted by Gasteiger charge is 2.42. The molecular formula is C28H32FN5O2. The Morgan fingerprint density at radius 1 is 1.19 bits per heavy atom. The molecule has 4 heterocycles. The number of anilines is 1. The van der Waals surface area contributed by atoms with E-state index in [1.165, 1.54) is 0 Å². The van der Waals surface area contributed by atoms with E-state index in [1.54, 1.807) is 40.2 Å². The number of piperidine rings is 1.